The first kappa shape index (κ1) is 13.8. The maximum absolute atomic E-state index is 10.1. The monoisotopic (exact) mass is 255 g/mol. The molecule has 0 amide bonds. The molecule has 0 bridgehead atoms. The molecule has 0 saturated carbocycles. The lowest BCUT2D eigenvalue weighted by molar-refractivity contribution is 0.0979. The summed E-state index contributed by atoms with van der Waals surface area (Å²) in [6.07, 6.45) is -0.522. The van der Waals surface area contributed by atoms with Crippen LogP contribution >= 0.6 is 0 Å². The molecule has 2 nitrogen and oxygen atoms in total. The molecule has 0 saturated heterocycles. The Bertz CT molecular complexity index is 522. The number of hydrogen-bond acceptors (Lipinski definition) is 2. The van der Waals surface area contributed by atoms with Crippen molar-refractivity contribution < 1.29 is 5.11 Å². The first-order valence-corrected chi connectivity index (χ1v) is 6.68. The van der Waals surface area contributed by atoms with Crippen LogP contribution in [0.2, 0.25) is 0 Å². The Labute approximate surface area is 114 Å². The lowest BCUT2D eigenvalue weighted by atomic mass is 9.92. The molecule has 0 aliphatic heterocycles. The van der Waals surface area contributed by atoms with Crippen LogP contribution in [-0.4, -0.2) is 11.2 Å². The summed E-state index contributed by atoms with van der Waals surface area (Å²) in [5.74, 6) is 0.149. The fourth-order valence-electron chi connectivity index (χ4n) is 2.17. The molecule has 0 aliphatic carbocycles. The van der Waals surface area contributed by atoms with Crippen LogP contribution in [-0.2, 0) is 0 Å². The zero-order chi connectivity index (χ0) is 13.8. The van der Waals surface area contributed by atoms with E-state index in [0.717, 1.165) is 16.7 Å². The van der Waals surface area contributed by atoms with E-state index in [1.54, 1.807) is 0 Å². The zero-order valence-electron chi connectivity index (χ0n) is 11.5. The van der Waals surface area contributed by atoms with Crippen molar-refractivity contribution in [2.75, 3.05) is 0 Å². The minimum absolute atomic E-state index is 0.149. The van der Waals surface area contributed by atoms with Gasteiger partial charge in [-0.1, -0.05) is 62.4 Å². The molecule has 0 fully saturated rings. The van der Waals surface area contributed by atoms with Crippen LogP contribution in [0.3, 0.4) is 0 Å². The molecule has 0 aliphatic rings. The van der Waals surface area contributed by atoms with Crippen molar-refractivity contribution in [3.63, 3.8) is 0 Å². The highest BCUT2D eigenvalue weighted by atomic mass is 16.3. The van der Waals surface area contributed by atoms with Gasteiger partial charge in [0.05, 0.1) is 12.1 Å². The summed E-state index contributed by atoms with van der Waals surface area (Å²) in [6.45, 7) is 3.96. The summed E-state index contributed by atoms with van der Waals surface area (Å²) in [7, 11) is 0. The van der Waals surface area contributed by atoms with Crippen LogP contribution in [0.15, 0.2) is 54.6 Å². The quantitative estimate of drug-likeness (QED) is 0.880. The molecule has 2 atom stereocenters. The van der Waals surface area contributed by atoms with Crippen LogP contribution in [0.25, 0.3) is 11.1 Å². The first-order valence-electron chi connectivity index (χ1n) is 6.68. The molecule has 2 heteroatoms. The summed E-state index contributed by atoms with van der Waals surface area (Å²) in [5, 5.41) is 10.1. The van der Waals surface area contributed by atoms with Crippen LogP contribution in [0, 0.1) is 5.92 Å². The van der Waals surface area contributed by atoms with Crippen LogP contribution in [0.5, 0.6) is 0 Å². The lowest BCUT2D eigenvalue weighted by Crippen LogP contribution is -2.30. The van der Waals surface area contributed by atoms with Crippen LogP contribution in [0.4, 0.5) is 0 Å². The number of rotatable bonds is 4. The maximum atomic E-state index is 10.1. The largest absolute Gasteiger partial charge is 0.391 e. The van der Waals surface area contributed by atoms with Crippen LogP contribution in [0.1, 0.15) is 25.5 Å². The predicted octanol–water partition coefficient (Wildman–Crippen LogP) is 3.37. The highest BCUT2D eigenvalue weighted by molar-refractivity contribution is 5.64. The van der Waals surface area contributed by atoms with Crippen molar-refractivity contribution in [3.8, 4) is 11.1 Å². The van der Waals surface area contributed by atoms with E-state index in [1.165, 1.54) is 0 Å². The summed E-state index contributed by atoms with van der Waals surface area (Å²) in [6, 6.07) is 17.9. The molecular weight excluding hydrogens is 234 g/mol. The topological polar surface area (TPSA) is 46.2 Å². The van der Waals surface area contributed by atoms with Gasteiger partial charge in [-0.2, -0.15) is 0 Å². The molecule has 0 heterocycles. The maximum Gasteiger partial charge on any atom is 0.0755 e. The van der Waals surface area contributed by atoms with Gasteiger partial charge < -0.3 is 10.8 Å². The SMILES string of the molecule is CC(C)[C@@H](O)[C@@H](N)c1cccc(-c2ccccc2)c1. The van der Waals surface area contributed by atoms with E-state index >= 15 is 0 Å². The van der Waals surface area contributed by atoms with E-state index in [-0.39, 0.29) is 12.0 Å². The van der Waals surface area contributed by atoms with Crippen molar-refractivity contribution in [1.29, 1.82) is 0 Å². The van der Waals surface area contributed by atoms with Gasteiger partial charge in [-0.15, -0.1) is 0 Å². The Hall–Kier alpha value is -1.64. The minimum atomic E-state index is -0.522. The molecule has 0 aromatic heterocycles. The van der Waals surface area contributed by atoms with Gasteiger partial charge in [-0.3, -0.25) is 0 Å². The van der Waals surface area contributed by atoms with E-state index in [0.29, 0.717) is 0 Å². The molecule has 2 rings (SSSR count). The van der Waals surface area contributed by atoms with Crippen molar-refractivity contribution in [3.05, 3.63) is 60.2 Å². The number of nitrogens with two attached hydrogens (primary N) is 1. The Morgan fingerprint density at radius 3 is 2.16 bits per heavy atom. The first-order chi connectivity index (χ1) is 9.09. The number of hydrogen-bond donors (Lipinski definition) is 2. The van der Waals surface area contributed by atoms with Crippen molar-refractivity contribution in [1.82, 2.24) is 0 Å². The molecular formula is C17H21NO. The van der Waals surface area contributed by atoms with Gasteiger partial charge in [0, 0.05) is 0 Å². The third kappa shape index (κ3) is 3.22. The van der Waals surface area contributed by atoms with Crippen molar-refractivity contribution in [2.45, 2.75) is 26.0 Å². The molecule has 0 radical (unpaired) electrons. The predicted molar refractivity (Wildman–Crippen MR) is 79.7 cm³/mol. The second kappa shape index (κ2) is 6.00. The smallest absolute Gasteiger partial charge is 0.0755 e. The molecule has 3 N–H and O–H groups in total. The molecule has 2 aromatic rings. The van der Waals surface area contributed by atoms with E-state index in [9.17, 15) is 5.11 Å². The summed E-state index contributed by atoms with van der Waals surface area (Å²) < 4.78 is 0. The van der Waals surface area contributed by atoms with E-state index in [4.69, 9.17) is 5.73 Å². The lowest BCUT2D eigenvalue weighted by Gasteiger charge is -2.22. The van der Waals surface area contributed by atoms with Gasteiger partial charge in [0.1, 0.15) is 0 Å². The minimum Gasteiger partial charge on any atom is -0.391 e. The Morgan fingerprint density at radius 2 is 1.53 bits per heavy atom. The highest BCUT2D eigenvalue weighted by Crippen LogP contribution is 2.25. The van der Waals surface area contributed by atoms with Gasteiger partial charge in [0.25, 0.3) is 0 Å². The fraction of sp³-hybridized carbons (Fsp3) is 0.294. The highest BCUT2D eigenvalue weighted by Gasteiger charge is 2.20. The van der Waals surface area contributed by atoms with E-state index in [2.05, 4.69) is 24.3 Å². The zero-order valence-corrected chi connectivity index (χ0v) is 11.5. The Balaban J connectivity index is 2.30. The van der Waals surface area contributed by atoms with Gasteiger partial charge in [0.2, 0.25) is 0 Å². The average Bonchev–Trinajstić information content (AvgIpc) is 2.46. The Morgan fingerprint density at radius 1 is 0.895 bits per heavy atom. The van der Waals surface area contributed by atoms with Gasteiger partial charge in [-0.25, -0.2) is 0 Å². The molecule has 19 heavy (non-hydrogen) atoms. The molecule has 0 spiro atoms. The molecule has 100 valence electrons. The summed E-state index contributed by atoms with van der Waals surface area (Å²) in [5.41, 5.74) is 9.40. The number of aliphatic hydroxyl groups is 1. The molecule has 0 unspecified atom stereocenters. The van der Waals surface area contributed by atoms with Gasteiger partial charge in [0.15, 0.2) is 0 Å². The molecule has 2 aromatic carbocycles. The van der Waals surface area contributed by atoms with Crippen LogP contribution < -0.4 is 5.73 Å². The normalized spacial score (nSPS) is 14.4. The third-order valence-electron chi connectivity index (χ3n) is 3.43. The number of benzene rings is 2. The van der Waals surface area contributed by atoms with E-state index < -0.39 is 6.10 Å². The van der Waals surface area contributed by atoms with Gasteiger partial charge in [-0.05, 0) is 28.7 Å². The second-order valence-electron chi connectivity index (χ2n) is 5.25. The van der Waals surface area contributed by atoms with Crippen molar-refractivity contribution >= 4 is 0 Å². The summed E-state index contributed by atoms with van der Waals surface area (Å²) >= 11 is 0. The van der Waals surface area contributed by atoms with Crippen molar-refractivity contribution in [2.24, 2.45) is 11.7 Å². The average molecular weight is 255 g/mol. The van der Waals surface area contributed by atoms with E-state index in [1.807, 2.05) is 44.2 Å². The third-order valence-corrected chi connectivity index (χ3v) is 3.43. The van der Waals surface area contributed by atoms with Gasteiger partial charge >= 0.3 is 0 Å². The second-order valence-corrected chi connectivity index (χ2v) is 5.25. The Kier molecular flexibility index (Phi) is 4.35. The standard InChI is InChI=1S/C17H21NO/c1-12(2)17(19)16(18)15-10-6-9-14(11-15)13-7-4-3-5-8-13/h3-12,16-17,19H,18H2,1-2H3/t16-,17+/m0/s1. The summed E-state index contributed by atoms with van der Waals surface area (Å²) in [4.78, 5) is 0. The number of aliphatic hydroxyl groups excluding tert-OH is 1. The fourth-order valence-corrected chi connectivity index (χ4v) is 2.17.